The first kappa shape index (κ1) is 11.2. The molecule has 0 aliphatic carbocycles. The predicted molar refractivity (Wildman–Crippen MR) is 58.2 cm³/mol. The number of nitrogens with zero attached hydrogens (tertiary/aromatic N) is 4. The van der Waals surface area contributed by atoms with Crippen LogP contribution in [0, 0.1) is 0 Å². The molecule has 0 atom stereocenters. The lowest BCUT2D eigenvalue weighted by Gasteiger charge is -2.05. The third kappa shape index (κ3) is 2.34. The summed E-state index contributed by atoms with van der Waals surface area (Å²) in [7, 11) is 6.54. The van der Waals surface area contributed by atoms with E-state index in [-0.39, 0.29) is 11.2 Å². The third-order valence-electron chi connectivity index (χ3n) is 1.90. The lowest BCUT2D eigenvalue weighted by Crippen LogP contribution is -2.38. The van der Waals surface area contributed by atoms with Crippen LogP contribution in [0.25, 0.3) is 0 Å². The highest BCUT2D eigenvalue weighted by Gasteiger charge is 2.03. The van der Waals surface area contributed by atoms with Crippen molar-refractivity contribution in [3.05, 3.63) is 32.6 Å². The molecule has 1 rings (SSSR count). The summed E-state index contributed by atoms with van der Waals surface area (Å²) in [6.07, 6.45) is 2.90. The minimum Gasteiger partial charge on any atom is -0.303 e. The average Bonchev–Trinajstić information content (AvgIpc) is 2.18. The molecule has 0 amide bonds. The molecule has 0 saturated heterocycles. The van der Waals surface area contributed by atoms with Crippen molar-refractivity contribution in [3.63, 3.8) is 0 Å². The van der Waals surface area contributed by atoms with Gasteiger partial charge in [-0.25, -0.2) is 4.79 Å². The van der Waals surface area contributed by atoms with Gasteiger partial charge in [-0.1, -0.05) is 0 Å². The Morgan fingerprint density at radius 3 is 2.47 bits per heavy atom. The maximum Gasteiger partial charge on any atom is 0.330 e. The minimum atomic E-state index is -0.345. The van der Waals surface area contributed by atoms with Crippen LogP contribution in [-0.2, 0) is 14.1 Å². The van der Waals surface area contributed by atoms with Crippen LogP contribution in [0.5, 0.6) is 0 Å². The third-order valence-corrected chi connectivity index (χ3v) is 1.90. The van der Waals surface area contributed by atoms with Gasteiger partial charge in [0.05, 0.1) is 11.8 Å². The average molecular weight is 210 g/mol. The summed E-state index contributed by atoms with van der Waals surface area (Å²) < 4.78 is 2.40. The number of hydrazone groups is 1. The van der Waals surface area contributed by atoms with Gasteiger partial charge in [0.2, 0.25) is 0 Å². The van der Waals surface area contributed by atoms with Gasteiger partial charge in [0.15, 0.2) is 0 Å². The summed E-state index contributed by atoms with van der Waals surface area (Å²) in [6, 6.07) is 0. The molecule has 82 valence electrons. The fourth-order valence-corrected chi connectivity index (χ4v) is 1.10. The Kier molecular flexibility index (Phi) is 3.08. The summed E-state index contributed by atoms with van der Waals surface area (Å²) in [6.45, 7) is 0. The Balaban J connectivity index is 3.34. The van der Waals surface area contributed by atoms with Crippen LogP contribution in [0.3, 0.4) is 0 Å². The van der Waals surface area contributed by atoms with Crippen molar-refractivity contribution in [2.24, 2.45) is 19.2 Å². The monoisotopic (exact) mass is 210 g/mol. The van der Waals surface area contributed by atoms with Gasteiger partial charge in [-0.15, -0.1) is 0 Å². The van der Waals surface area contributed by atoms with Crippen molar-refractivity contribution in [1.29, 1.82) is 0 Å². The summed E-state index contributed by atoms with van der Waals surface area (Å²) in [4.78, 5) is 22.9. The van der Waals surface area contributed by atoms with Gasteiger partial charge in [0.1, 0.15) is 0 Å². The molecule has 0 aromatic carbocycles. The molecule has 0 aliphatic heterocycles. The molecule has 0 radical (unpaired) electrons. The number of hydrogen-bond acceptors (Lipinski definition) is 4. The van der Waals surface area contributed by atoms with Gasteiger partial charge in [0.25, 0.3) is 5.56 Å². The van der Waals surface area contributed by atoms with Crippen molar-refractivity contribution < 1.29 is 0 Å². The van der Waals surface area contributed by atoms with Crippen LogP contribution in [0.4, 0.5) is 0 Å². The second kappa shape index (κ2) is 4.12. The maximum absolute atomic E-state index is 11.6. The Bertz CT molecular complexity index is 496. The molecule has 0 fully saturated rings. The number of rotatable bonds is 2. The van der Waals surface area contributed by atoms with Crippen LogP contribution >= 0.6 is 0 Å². The van der Waals surface area contributed by atoms with Gasteiger partial charge in [0, 0.05) is 34.4 Å². The molecular weight excluding hydrogens is 196 g/mol. The molecule has 0 spiro atoms. The highest BCUT2D eigenvalue weighted by atomic mass is 16.2. The second-order valence-electron chi connectivity index (χ2n) is 3.43. The Hall–Kier alpha value is -1.85. The molecule has 0 unspecified atom stereocenters. The minimum absolute atomic E-state index is 0.344. The van der Waals surface area contributed by atoms with Crippen molar-refractivity contribution in [2.75, 3.05) is 14.1 Å². The molecule has 0 bridgehead atoms. The molecular formula is C9H14N4O2. The molecule has 1 heterocycles. The van der Waals surface area contributed by atoms with E-state index in [1.54, 1.807) is 26.2 Å². The fourth-order valence-electron chi connectivity index (χ4n) is 1.10. The van der Waals surface area contributed by atoms with Crippen LogP contribution in [0.1, 0.15) is 5.56 Å². The van der Waals surface area contributed by atoms with Crippen molar-refractivity contribution in [1.82, 2.24) is 14.1 Å². The van der Waals surface area contributed by atoms with Crippen LogP contribution in [-0.4, -0.2) is 34.5 Å². The molecule has 0 saturated carbocycles. The van der Waals surface area contributed by atoms with Gasteiger partial charge < -0.3 is 9.58 Å². The summed E-state index contributed by atoms with van der Waals surface area (Å²) in [5.41, 5.74) is -0.306. The van der Waals surface area contributed by atoms with Gasteiger partial charge in [-0.05, 0) is 0 Å². The van der Waals surface area contributed by atoms with Crippen molar-refractivity contribution >= 4 is 6.21 Å². The lowest BCUT2D eigenvalue weighted by molar-refractivity contribution is 0.440. The zero-order valence-corrected chi connectivity index (χ0v) is 9.26. The van der Waals surface area contributed by atoms with Crippen LogP contribution < -0.4 is 11.2 Å². The largest absolute Gasteiger partial charge is 0.330 e. The molecule has 6 nitrogen and oxygen atoms in total. The van der Waals surface area contributed by atoms with E-state index >= 15 is 0 Å². The van der Waals surface area contributed by atoms with Gasteiger partial charge in [-0.2, -0.15) is 5.10 Å². The zero-order chi connectivity index (χ0) is 11.6. The number of aromatic nitrogens is 2. The molecule has 0 N–H and O–H groups in total. The zero-order valence-electron chi connectivity index (χ0n) is 9.26. The van der Waals surface area contributed by atoms with Crippen LogP contribution in [0.15, 0.2) is 20.9 Å². The van der Waals surface area contributed by atoms with E-state index in [1.165, 1.54) is 24.0 Å². The first-order valence-electron chi connectivity index (χ1n) is 4.41. The van der Waals surface area contributed by atoms with Gasteiger partial charge in [-0.3, -0.25) is 9.36 Å². The first-order valence-corrected chi connectivity index (χ1v) is 4.41. The van der Waals surface area contributed by atoms with Crippen molar-refractivity contribution in [3.8, 4) is 0 Å². The smallest absolute Gasteiger partial charge is 0.303 e. The van der Waals surface area contributed by atoms with E-state index in [0.717, 1.165) is 4.57 Å². The molecule has 6 heteroatoms. The quantitative estimate of drug-likeness (QED) is 0.463. The Morgan fingerprint density at radius 2 is 1.93 bits per heavy atom. The van der Waals surface area contributed by atoms with Crippen molar-refractivity contribution in [2.45, 2.75) is 0 Å². The van der Waals surface area contributed by atoms with E-state index in [2.05, 4.69) is 5.10 Å². The first-order chi connectivity index (χ1) is 6.93. The maximum atomic E-state index is 11.6. The summed E-state index contributed by atoms with van der Waals surface area (Å²) >= 11 is 0. The standard InChI is InChI=1S/C9H14N4O2/c1-11(2)10-5-7-6-12(3)9(15)13(4)8(7)14/h5-6H,1-4H3/b10-5+. The topological polar surface area (TPSA) is 59.6 Å². The Labute approximate surface area is 87.1 Å². The molecule has 15 heavy (non-hydrogen) atoms. The fraction of sp³-hybridized carbons (Fsp3) is 0.444. The van der Waals surface area contributed by atoms with E-state index in [9.17, 15) is 9.59 Å². The number of hydrogen-bond donors (Lipinski definition) is 0. The predicted octanol–water partition coefficient (Wildman–Crippen LogP) is -1.02. The van der Waals surface area contributed by atoms with E-state index in [0.29, 0.717) is 5.56 Å². The number of aryl methyl sites for hydroxylation is 1. The van der Waals surface area contributed by atoms with Crippen LogP contribution in [0.2, 0.25) is 0 Å². The molecule has 1 aromatic heterocycles. The van der Waals surface area contributed by atoms with E-state index in [1.807, 2.05) is 0 Å². The second-order valence-corrected chi connectivity index (χ2v) is 3.43. The molecule has 1 aromatic rings. The Morgan fingerprint density at radius 1 is 1.33 bits per heavy atom. The highest BCUT2D eigenvalue weighted by molar-refractivity contribution is 5.78. The summed E-state index contributed by atoms with van der Waals surface area (Å²) in [5, 5.41) is 5.52. The molecule has 0 aliphatic rings. The SMILES string of the molecule is CN(C)/N=C/c1cn(C)c(=O)n(C)c1=O. The highest BCUT2D eigenvalue weighted by Crippen LogP contribution is 1.84. The summed E-state index contributed by atoms with van der Waals surface area (Å²) in [5.74, 6) is 0. The van der Waals surface area contributed by atoms with Gasteiger partial charge >= 0.3 is 5.69 Å². The van der Waals surface area contributed by atoms with E-state index in [4.69, 9.17) is 0 Å². The normalized spacial score (nSPS) is 10.9. The van der Waals surface area contributed by atoms with E-state index < -0.39 is 0 Å². The lowest BCUT2D eigenvalue weighted by atomic mass is 10.3.